The van der Waals surface area contributed by atoms with Crippen LogP contribution in [0.2, 0.25) is 0 Å². The van der Waals surface area contributed by atoms with E-state index in [4.69, 9.17) is 0 Å². The molecule has 0 aromatic heterocycles. The van der Waals surface area contributed by atoms with Gasteiger partial charge in [-0.2, -0.15) is 0 Å². The SMILES string of the molecule is CC(=O)N(CCNS(=O)(=O)c1ccc(F)c(C)c1)Cc1ccc(F)cc1. The highest BCUT2D eigenvalue weighted by atomic mass is 32.2. The van der Waals surface area contributed by atoms with Crippen molar-refractivity contribution in [2.75, 3.05) is 13.1 Å². The molecule has 0 radical (unpaired) electrons. The van der Waals surface area contributed by atoms with Gasteiger partial charge in [0.25, 0.3) is 0 Å². The fourth-order valence-electron chi connectivity index (χ4n) is 2.34. The third-order valence-electron chi connectivity index (χ3n) is 3.85. The van der Waals surface area contributed by atoms with Crippen molar-refractivity contribution in [3.8, 4) is 0 Å². The average Bonchev–Trinajstić information content (AvgIpc) is 2.58. The maximum atomic E-state index is 13.3. The quantitative estimate of drug-likeness (QED) is 0.801. The zero-order chi connectivity index (χ0) is 19.3. The summed E-state index contributed by atoms with van der Waals surface area (Å²) in [6.07, 6.45) is 0. The fourth-order valence-corrected chi connectivity index (χ4v) is 3.45. The molecule has 0 unspecified atom stereocenters. The summed E-state index contributed by atoms with van der Waals surface area (Å²) in [5.41, 5.74) is 0.966. The minimum Gasteiger partial charge on any atom is -0.337 e. The Morgan fingerprint density at radius 3 is 2.35 bits per heavy atom. The van der Waals surface area contributed by atoms with Gasteiger partial charge in [0, 0.05) is 26.6 Å². The van der Waals surface area contributed by atoms with Crippen LogP contribution < -0.4 is 4.72 Å². The summed E-state index contributed by atoms with van der Waals surface area (Å²) in [6, 6.07) is 9.26. The number of hydrogen-bond donors (Lipinski definition) is 1. The van der Waals surface area contributed by atoms with Crippen molar-refractivity contribution in [1.29, 1.82) is 0 Å². The van der Waals surface area contributed by atoms with E-state index in [1.807, 2.05) is 0 Å². The van der Waals surface area contributed by atoms with Crippen LogP contribution in [0, 0.1) is 18.6 Å². The number of halogens is 2. The smallest absolute Gasteiger partial charge is 0.240 e. The summed E-state index contributed by atoms with van der Waals surface area (Å²) >= 11 is 0. The van der Waals surface area contributed by atoms with Crippen LogP contribution in [-0.4, -0.2) is 32.3 Å². The second-order valence-corrected chi connectivity index (χ2v) is 7.64. The second kappa shape index (κ2) is 8.37. The van der Waals surface area contributed by atoms with Crippen LogP contribution in [0.4, 0.5) is 8.78 Å². The molecule has 140 valence electrons. The molecule has 2 rings (SSSR count). The number of aryl methyl sites for hydroxylation is 1. The van der Waals surface area contributed by atoms with Crippen LogP contribution in [0.25, 0.3) is 0 Å². The van der Waals surface area contributed by atoms with E-state index in [2.05, 4.69) is 4.72 Å². The standard InChI is InChI=1S/C18H20F2N2O3S/c1-13-11-17(7-8-18(13)20)26(24,25)21-9-10-22(14(2)23)12-15-3-5-16(19)6-4-15/h3-8,11,21H,9-10,12H2,1-2H3. The zero-order valence-corrected chi connectivity index (χ0v) is 15.3. The third-order valence-corrected chi connectivity index (χ3v) is 5.30. The Bertz CT molecular complexity index is 884. The molecule has 2 aromatic carbocycles. The molecule has 0 aliphatic rings. The lowest BCUT2D eigenvalue weighted by molar-refractivity contribution is -0.129. The molecule has 0 atom stereocenters. The van der Waals surface area contributed by atoms with E-state index in [1.54, 1.807) is 12.1 Å². The lowest BCUT2D eigenvalue weighted by Gasteiger charge is -2.21. The van der Waals surface area contributed by atoms with Gasteiger partial charge in [-0.25, -0.2) is 21.9 Å². The van der Waals surface area contributed by atoms with Crippen LogP contribution in [0.15, 0.2) is 47.4 Å². The Hall–Kier alpha value is -2.32. The van der Waals surface area contributed by atoms with Crippen molar-refractivity contribution in [3.63, 3.8) is 0 Å². The molecule has 0 aliphatic heterocycles. The molecule has 0 heterocycles. The van der Waals surface area contributed by atoms with Gasteiger partial charge in [0.2, 0.25) is 15.9 Å². The highest BCUT2D eigenvalue weighted by Crippen LogP contribution is 2.14. The number of rotatable bonds is 7. The molecule has 26 heavy (non-hydrogen) atoms. The van der Waals surface area contributed by atoms with E-state index in [0.29, 0.717) is 0 Å². The van der Waals surface area contributed by atoms with Crippen LogP contribution in [0.3, 0.4) is 0 Å². The first-order valence-electron chi connectivity index (χ1n) is 7.95. The number of carbonyl (C=O) groups excluding carboxylic acids is 1. The fraction of sp³-hybridized carbons (Fsp3) is 0.278. The van der Waals surface area contributed by atoms with Crippen molar-refractivity contribution in [1.82, 2.24) is 9.62 Å². The number of amides is 1. The average molecular weight is 382 g/mol. The Balaban J connectivity index is 1.99. The molecule has 1 N–H and O–H groups in total. The van der Waals surface area contributed by atoms with Gasteiger partial charge in [0.1, 0.15) is 11.6 Å². The van der Waals surface area contributed by atoms with E-state index < -0.39 is 15.8 Å². The Morgan fingerprint density at radius 2 is 1.77 bits per heavy atom. The summed E-state index contributed by atoms with van der Waals surface area (Å²) in [5.74, 6) is -1.08. The monoisotopic (exact) mass is 382 g/mol. The van der Waals surface area contributed by atoms with Crippen molar-refractivity contribution in [2.45, 2.75) is 25.3 Å². The first-order valence-corrected chi connectivity index (χ1v) is 9.43. The van der Waals surface area contributed by atoms with E-state index in [-0.39, 0.29) is 41.8 Å². The molecule has 0 aliphatic carbocycles. The van der Waals surface area contributed by atoms with Gasteiger partial charge < -0.3 is 4.90 Å². The summed E-state index contributed by atoms with van der Waals surface area (Å²) < 4.78 is 53.2. The summed E-state index contributed by atoms with van der Waals surface area (Å²) in [7, 11) is -3.80. The van der Waals surface area contributed by atoms with Crippen molar-refractivity contribution in [3.05, 3.63) is 65.2 Å². The van der Waals surface area contributed by atoms with Gasteiger partial charge in [-0.05, 0) is 48.4 Å². The normalized spacial score (nSPS) is 11.4. The molecule has 2 aromatic rings. The lowest BCUT2D eigenvalue weighted by atomic mass is 10.2. The minimum absolute atomic E-state index is 0.000464. The zero-order valence-electron chi connectivity index (χ0n) is 14.5. The Kier molecular flexibility index (Phi) is 6.44. The number of nitrogens with one attached hydrogen (secondary N) is 1. The molecule has 0 fully saturated rings. The minimum atomic E-state index is -3.80. The van der Waals surface area contributed by atoms with Crippen molar-refractivity contribution in [2.24, 2.45) is 0 Å². The number of sulfonamides is 1. The predicted octanol–water partition coefficient (Wildman–Crippen LogP) is 2.60. The number of benzene rings is 2. The summed E-state index contributed by atoms with van der Waals surface area (Å²) in [5, 5.41) is 0. The number of hydrogen-bond acceptors (Lipinski definition) is 3. The first-order chi connectivity index (χ1) is 12.2. The molecular weight excluding hydrogens is 362 g/mol. The van der Waals surface area contributed by atoms with E-state index in [1.165, 1.54) is 43.0 Å². The Labute approximate surface area is 151 Å². The third kappa shape index (κ3) is 5.34. The van der Waals surface area contributed by atoms with Crippen molar-refractivity contribution >= 4 is 15.9 Å². The van der Waals surface area contributed by atoms with Gasteiger partial charge in [0.05, 0.1) is 4.90 Å². The predicted molar refractivity (Wildman–Crippen MR) is 93.8 cm³/mol. The van der Waals surface area contributed by atoms with Crippen molar-refractivity contribution < 1.29 is 22.0 Å². The molecular formula is C18H20F2N2O3S. The van der Waals surface area contributed by atoms with E-state index in [9.17, 15) is 22.0 Å². The lowest BCUT2D eigenvalue weighted by Crippen LogP contribution is -2.37. The van der Waals surface area contributed by atoms with E-state index in [0.717, 1.165) is 11.6 Å². The second-order valence-electron chi connectivity index (χ2n) is 5.88. The van der Waals surface area contributed by atoms with Crippen LogP contribution in [-0.2, 0) is 21.4 Å². The Morgan fingerprint density at radius 1 is 1.12 bits per heavy atom. The van der Waals surface area contributed by atoms with E-state index >= 15 is 0 Å². The highest BCUT2D eigenvalue weighted by molar-refractivity contribution is 7.89. The summed E-state index contributed by atoms with van der Waals surface area (Å²) in [6.45, 7) is 3.24. The maximum Gasteiger partial charge on any atom is 0.240 e. The van der Waals surface area contributed by atoms with Gasteiger partial charge in [-0.1, -0.05) is 12.1 Å². The molecule has 0 spiro atoms. The summed E-state index contributed by atoms with van der Waals surface area (Å²) in [4.78, 5) is 13.2. The number of nitrogens with zero attached hydrogens (tertiary/aromatic N) is 1. The molecule has 8 heteroatoms. The van der Waals surface area contributed by atoms with Gasteiger partial charge in [-0.15, -0.1) is 0 Å². The molecule has 0 bridgehead atoms. The van der Waals surface area contributed by atoms with Crippen LogP contribution >= 0.6 is 0 Å². The topological polar surface area (TPSA) is 66.5 Å². The van der Waals surface area contributed by atoms with Gasteiger partial charge >= 0.3 is 0 Å². The van der Waals surface area contributed by atoms with Crippen LogP contribution in [0.1, 0.15) is 18.1 Å². The molecule has 0 saturated heterocycles. The first kappa shape index (κ1) is 20.0. The highest BCUT2D eigenvalue weighted by Gasteiger charge is 2.16. The number of carbonyl (C=O) groups is 1. The largest absolute Gasteiger partial charge is 0.337 e. The molecule has 0 saturated carbocycles. The van der Waals surface area contributed by atoms with Gasteiger partial charge in [0.15, 0.2) is 0 Å². The molecule has 5 nitrogen and oxygen atoms in total. The maximum absolute atomic E-state index is 13.3. The van der Waals surface area contributed by atoms with Gasteiger partial charge in [-0.3, -0.25) is 4.79 Å². The van der Waals surface area contributed by atoms with Crippen LogP contribution in [0.5, 0.6) is 0 Å². The molecule has 1 amide bonds.